The van der Waals surface area contributed by atoms with E-state index in [0.717, 1.165) is 13.0 Å². The van der Waals surface area contributed by atoms with E-state index in [1.807, 2.05) is 6.92 Å². The Labute approximate surface area is 63.9 Å². The first-order chi connectivity index (χ1) is 4.72. The SMILES string of the molecule is CCNOC(CC)C(C)C. The van der Waals surface area contributed by atoms with Gasteiger partial charge in [0.2, 0.25) is 0 Å². The van der Waals surface area contributed by atoms with Crippen molar-refractivity contribution >= 4 is 0 Å². The maximum Gasteiger partial charge on any atom is 0.0810 e. The molecule has 2 nitrogen and oxygen atoms in total. The third-order valence-corrected chi connectivity index (χ3v) is 1.52. The summed E-state index contributed by atoms with van der Waals surface area (Å²) in [7, 11) is 0. The smallest absolute Gasteiger partial charge is 0.0810 e. The van der Waals surface area contributed by atoms with E-state index in [2.05, 4.69) is 26.3 Å². The molecule has 0 aromatic heterocycles. The van der Waals surface area contributed by atoms with Crippen molar-refractivity contribution in [2.45, 2.75) is 40.2 Å². The second kappa shape index (κ2) is 5.69. The maximum atomic E-state index is 5.35. The summed E-state index contributed by atoms with van der Waals surface area (Å²) < 4.78 is 0. The van der Waals surface area contributed by atoms with Crippen molar-refractivity contribution in [3.8, 4) is 0 Å². The van der Waals surface area contributed by atoms with Crippen LogP contribution in [0.3, 0.4) is 0 Å². The standard InChI is InChI=1S/C8H19NO/c1-5-8(7(3)4)10-9-6-2/h7-9H,5-6H2,1-4H3. The van der Waals surface area contributed by atoms with Gasteiger partial charge in [-0.2, -0.15) is 0 Å². The minimum Gasteiger partial charge on any atom is -0.298 e. The van der Waals surface area contributed by atoms with Crippen molar-refractivity contribution < 1.29 is 4.84 Å². The third kappa shape index (κ3) is 3.85. The Kier molecular flexibility index (Phi) is 5.64. The van der Waals surface area contributed by atoms with E-state index in [1.165, 1.54) is 0 Å². The molecule has 0 rings (SSSR count). The van der Waals surface area contributed by atoms with Gasteiger partial charge < -0.3 is 0 Å². The van der Waals surface area contributed by atoms with E-state index in [0.29, 0.717) is 12.0 Å². The Morgan fingerprint density at radius 3 is 2.20 bits per heavy atom. The minimum absolute atomic E-state index is 0.361. The molecule has 0 saturated carbocycles. The van der Waals surface area contributed by atoms with Gasteiger partial charge in [0.15, 0.2) is 0 Å². The van der Waals surface area contributed by atoms with Crippen LogP contribution in [0.25, 0.3) is 0 Å². The third-order valence-electron chi connectivity index (χ3n) is 1.52. The Bertz CT molecular complexity index is 73.7. The summed E-state index contributed by atoms with van der Waals surface area (Å²) in [6.45, 7) is 9.40. The van der Waals surface area contributed by atoms with Gasteiger partial charge in [0.1, 0.15) is 0 Å². The lowest BCUT2D eigenvalue weighted by Gasteiger charge is -2.18. The Hall–Kier alpha value is -0.0800. The molecular weight excluding hydrogens is 126 g/mol. The summed E-state index contributed by atoms with van der Waals surface area (Å²) in [6.07, 6.45) is 1.44. The summed E-state index contributed by atoms with van der Waals surface area (Å²) >= 11 is 0. The van der Waals surface area contributed by atoms with Gasteiger partial charge in [-0.15, -0.1) is 0 Å². The van der Waals surface area contributed by atoms with E-state index in [4.69, 9.17) is 4.84 Å². The Morgan fingerprint density at radius 1 is 1.30 bits per heavy atom. The van der Waals surface area contributed by atoms with Crippen molar-refractivity contribution in [3.05, 3.63) is 0 Å². The molecular formula is C8H19NO. The fourth-order valence-corrected chi connectivity index (χ4v) is 0.881. The number of hydroxylamine groups is 1. The predicted octanol–water partition coefficient (Wildman–Crippen LogP) is 1.96. The quantitative estimate of drug-likeness (QED) is 0.597. The highest BCUT2D eigenvalue weighted by atomic mass is 16.7. The lowest BCUT2D eigenvalue weighted by Crippen LogP contribution is -2.27. The van der Waals surface area contributed by atoms with Crippen LogP contribution in [0.15, 0.2) is 0 Å². The number of hydrogen-bond acceptors (Lipinski definition) is 2. The van der Waals surface area contributed by atoms with Gasteiger partial charge in [0, 0.05) is 6.54 Å². The predicted molar refractivity (Wildman–Crippen MR) is 43.7 cm³/mol. The van der Waals surface area contributed by atoms with E-state index in [-0.39, 0.29) is 0 Å². The summed E-state index contributed by atoms with van der Waals surface area (Å²) in [5.41, 5.74) is 2.88. The van der Waals surface area contributed by atoms with Crippen molar-refractivity contribution in [1.29, 1.82) is 0 Å². The Morgan fingerprint density at radius 2 is 1.90 bits per heavy atom. The molecule has 62 valence electrons. The maximum absolute atomic E-state index is 5.35. The van der Waals surface area contributed by atoms with E-state index in [1.54, 1.807) is 0 Å². The topological polar surface area (TPSA) is 21.3 Å². The van der Waals surface area contributed by atoms with Crippen LogP contribution < -0.4 is 5.48 Å². The highest BCUT2D eigenvalue weighted by molar-refractivity contribution is 4.57. The molecule has 0 fully saturated rings. The average molecular weight is 145 g/mol. The largest absolute Gasteiger partial charge is 0.298 e. The molecule has 0 aliphatic rings. The molecule has 0 amide bonds. The molecule has 0 aliphatic heterocycles. The second-order valence-corrected chi connectivity index (χ2v) is 2.81. The normalized spacial score (nSPS) is 14.1. The summed E-state index contributed by atoms with van der Waals surface area (Å²) in [4.78, 5) is 5.35. The summed E-state index contributed by atoms with van der Waals surface area (Å²) in [5, 5.41) is 0. The van der Waals surface area contributed by atoms with Crippen LogP contribution in [0.1, 0.15) is 34.1 Å². The van der Waals surface area contributed by atoms with Crippen molar-refractivity contribution in [3.63, 3.8) is 0 Å². The van der Waals surface area contributed by atoms with Gasteiger partial charge in [-0.25, -0.2) is 5.48 Å². The first-order valence-corrected chi connectivity index (χ1v) is 4.10. The molecule has 1 N–H and O–H groups in total. The molecule has 0 aromatic carbocycles. The van der Waals surface area contributed by atoms with Gasteiger partial charge in [-0.1, -0.05) is 27.7 Å². The molecule has 0 heterocycles. The van der Waals surface area contributed by atoms with Crippen LogP contribution in [0.5, 0.6) is 0 Å². The zero-order chi connectivity index (χ0) is 7.98. The lowest BCUT2D eigenvalue weighted by molar-refractivity contribution is -0.0471. The molecule has 0 saturated heterocycles. The zero-order valence-electron chi connectivity index (χ0n) is 7.48. The molecule has 0 bridgehead atoms. The average Bonchev–Trinajstić information content (AvgIpc) is 1.89. The van der Waals surface area contributed by atoms with E-state index in [9.17, 15) is 0 Å². The Balaban J connectivity index is 3.40. The van der Waals surface area contributed by atoms with Gasteiger partial charge in [0.25, 0.3) is 0 Å². The van der Waals surface area contributed by atoms with Crippen LogP contribution >= 0.6 is 0 Å². The number of nitrogens with one attached hydrogen (secondary N) is 1. The number of hydrogen-bond donors (Lipinski definition) is 1. The molecule has 0 aliphatic carbocycles. The van der Waals surface area contributed by atoms with Crippen LogP contribution in [0.2, 0.25) is 0 Å². The molecule has 10 heavy (non-hydrogen) atoms. The molecule has 0 radical (unpaired) electrons. The summed E-state index contributed by atoms with van der Waals surface area (Å²) in [6, 6.07) is 0. The van der Waals surface area contributed by atoms with Crippen LogP contribution in [0, 0.1) is 5.92 Å². The van der Waals surface area contributed by atoms with Crippen LogP contribution in [-0.2, 0) is 4.84 Å². The second-order valence-electron chi connectivity index (χ2n) is 2.81. The molecule has 0 spiro atoms. The first kappa shape index (κ1) is 9.92. The van der Waals surface area contributed by atoms with Gasteiger partial charge in [-0.3, -0.25) is 4.84 Å². The van der Waals surface area contributed by atoms with Crippen molar-refractivity contribution in [2.24, 2.45) is 5.92 Å². The van der Waals surface area contributed by atoms with Gasteiger partial charge in [-0.05, 0) is 12.3 Å². The van der Waals surface area contributed by atoms with Crippen molar-refractivity contribution in [1.82, 2.24) is 5.48 Å². The van der Waals surface area contributed by atoms with Gasteiger partial charge in [0.05, 0.1) is 6.10 Å². The molecule has 1 atom stereocenters. The minimum atomic E-state index is 0.361. The number of rotatable bonds is 5. The highest BCUT2D eigenvalue weighted by Gasteiger charge is 2.10. The van der Waals surface area contributed by atoms with Gasteiger partial charge >= 0.3 is 0 Å². The fraction of sp³-hybridized carbons (Fsp3) is 1.00. The highest BCUT2D eigenvalue weighted by Crippen LogP contribution is 2.07. The molecule has 0 aromatic rings. The first-order valence-electron chi connectivity index (χ1n) is 4.10. The fourth-order valence-electron chi connectivity index (χ4n) is 0.881. The zero-order valence-corrected chi connectivity index (χ0v) is 7.48. The van der Waals surface area contributed by atoms with Crippen molar-refractivity contribution in [2.75, 3.05) is 6.54 Å². The van der Waals surface area contributed by atoms with Crippen LogP contribution in [-0.4, -0.2) is 12.6 Å². The monoisotopic (exact) mass is 145 g/mol. The van der Waals surface area contributed by atoms with Crippen LogP contribution in [0.4, 0.5) is 0 Å². The summed E-state index contributed by atoms with van der Waals surface area (Å²) in [5.74, 6) is 0.601. The van der Waals surface area contributed by atoms with E-state index >= 15 is 0 Å². The molecule has 2 heteroatoms. The van der Waals surface area contributed by atoms with E-state index < -0.39 is 0 Å². The lowest BCUT2D eigenvalue weighted by atomic mass is 10.1. The molecule has 1 unspecified atom stereocenters.